The molecule has 0 spiro atoms. The SMILES string of the molecule is O=c1c(Oc2ccccc2Br)c(C(F)(F)F)oc2cc(OCc3c(F)cccc3F)ccc12. The van der Waals surface area contributed by atoms with Gasteiger partial charge in [-0.25, -0.2) is 8.78 Å². The Morgan fingerprint density at radius 3 is 2.30 bits per heavy atom. The summed E-state index contributed by atoms with van der Waals surface area (Å²) in [7, 11) is 0. The molecule has 0 aliphatic rings. The van der Waals surface area contributed by atoms with Crippen LogP contribution in [0.2, 0.25) is 0 Å². The van der Waals surface area contributed by atoms with Crippen LogP contribution in [0.5, 0.6) is 17.2 Å². The Balaban J connectivity index is 1.75. The van der Waals surface area contributed by atoms with Crippen LogP contribution in [0.25, 0.3) is 11.0 Å². The zero-order chi connectivity index (χ0) is 23.8. The minimum Gasteiger partial charge on any atom is -0.489 e. The van der Waals surface area contributed by atoms with Gasteiger partial charge in [0, 0.05) is 6.07 Å². The summed E-state index contributed by atoms with van der Waals surface area (Å²) in [5.74, 6) is -4.40. The quantitative estimate of drug-likeness (QED) is 0.257. The van der Waals surface area contributed by atoms with Crippen molar-refractivity contribution in [1.29, 1.82) is 0 Å². The third-order valence-corrected chi connectivity index (χ3v) is 5.23. The van der Waals surface area contributed by atoms with Crippen molar-refractivity contribution in [3.63, 3.8) is 0 Å². The van der Waals surface area contributed by atoms with Gasteiger partial charge < -0.3 is 13.9 Å². The third-order valence-electron chi connectivity index (χ3n) is 4.57. The highest BCUT2D eigenvalue weighted by Gasteiger charge is 2.40. The van der Waals surface area contributed by atoms with Gasteiger partial charge in [-0.3, -0.25) is 4.79 Å². The zero-order valence-corrected chi connectivity index (χ0v) is 18.0. The Morgan fingerprint density at radius 1 is 0.939 bits per heavy atom. The highest BCUT2D eigenvalue weighted by atomic mass is 79.9. The molecule has 0 atom stereocenters. The van der Waals surface area contributed by atoms with Crippen molar-refractivity contribution >= 4 is 26.9 Å². The smallest absolute Gasteiger partial charge is 0.453 e. The van der Waals surface area contributed by atoms with E-state index in [0.29, 0.717) is 4.47 Å². The second-order valence-corrected chi connectivity index (χ2v) is 7.62. The lowest BCUT2D eigenvalue weighted by Gasteiger charge is -2.14. The van der Waals surface area contributed by atoms with Gasteiger partial charge in [0.1, 0.15) is 35.3 Å². The normalized spacial score (nSPS) is 11.6. The number of ether oxygens (including phenoxy) is 2. The van der Waals surface area contributed by atoms with E-state index in [9.17, 15) is 26.7 Å². The molecule has 0 radical (unpaired) electrons. The van der Waals surface area contributed by atoms with E-state index in [-0.39, 0.29) is 22.4 Å². The van der Waals surface area contributed by atoms with Crippen molar-refractivity contribution in [1.82, 2.24) is 0 Å². The van der Waals surface area contributed by atoms with Crippen molar-refractivity contribution in [2.45, 2.75) is 12.8 Å². The number of hydrogen-bond acceptors (Lipinski definition) is 4. The third kappa shape index (κ3) is 4.70. The number of alkyl halides is 3. The topological polar surface area (TPSA) is 48.7 Å². The first kappa shape index (κ1) is 22.8. The monoisotopic (exact) mass is 526 g/mol. The van der Waals surface area contributed by atoms with Gasteiger partial charge >= 0.3 is 6.18 Å². The summed E-state index contributed by atoms with van der Waals surface area (Å²) in [6.45, 7) is -0.524. The highest BCUT2D eigenvalue weighted by molar-refractivity contribution is 9.10. The fourth-order valence-electron chi connectivity index (χ4n) is 2.99. The van der Waals surface area contributed by atoms with E-state index in [1.54, 1.807) is 6.07 Å². The van der Waals surface area contributed by atoms with E-state index in [1.165, 1.54) is 36.4 Å². The molecular formula is C23H12BrF5O4. The van der Waals surface area contributed by atoms with Crippen LogP contribution in [0.15, 0.2) is 74.3 Å². The largest absolute Gasteiger partial charge is 0.489 e. The average Bonchev–Trinajstić information content (AvgIpc) is 2.75. The lowest BCUT2D eigenvalue weighted by atomic mass is 10.2. The van der Waals surface area contributed by atoms with Crippen LogP contribution in [0, 0.1) is 11.6 Å². The first-order valence-electron chi connectivity index (χ1n) is 9.31. The molecule has 4 aromatic rings. The number of benzene rings is 3. The second-order valence-electron chi connectivity index (χ2n) is 6.77. The van der Waals surface area contributed by atoms with Gasteiger partial charge in [-0.2, -0.15) is 13.2 Å². The Kier molecular flexibility index (Phi) is 6.11. The van der Waals surface area contributed by atoms with Crippen LogP contribution in [0.1, 0.15) is 11.3 Å². The maximum atomic E-state index is 13.8. The molecule has 1 heterocycles. The van der Waals surface area contributed by atoms with Crippen molar-refractivity contribution < 1.29 is 35.8 Å². The molecule has 0 N–H and O–H groups in total. The standard InChI is InChI=1S/C23H12BrF5O4/c24-15-4-1-2-7-18(15)32-21-20(30)13-9-8-12(10-19(13)33-22(21)23(27,28)29)31-11-14-16(25)5-3-6-17(14)26/h1-10H,11H2. The molecule has 0 aliphatic carbocycles. The summed E-state index contributed by atoms with van der Waals surface area (Å²) in [6, 6.07) is 12.8. The second kappa shape index (κ2) is 8.86. The number of para-hydroxylation sites is 1. The Labute approximate surface area is 191 Å². The molecule has 3 aromatic carbocycles. The van der Waals surface area contributed by atoms with Gasteiger partial charge in [0.15, 0.2) is 0 Å². The van der Waals surface area contributed by atoms with Crippen molar-refractivity contribution in [2.75, 3.05) is 0 Å². The van der Waals surface area contributed by atoms with Gasteiger partial charge in [-0.15, -0.1) is 0 Å². The van der Waals surface area contributed by atoms with Crippen LogP contribution >= 0.6 is 15.9 Å². The summed E-state index contributed by atoms with van der Waals surface area (Å²) in [5.41, 5.74) is -1.84. The molecular weight excluding hydrogens is 515 g/mol. The maximum absolute atomic E-state index is 13.8. The fraction of sp³-hybridized carbons (Fsp3) is 0.0870. The van der Waals surface area contributed by atoms with E-state index in [4.69, 9.17) is 13.9 Å². The predicted molar refractivity (Wildman–Crippen MR) is 112 cm³/mol. The Bertz CT molecular complexity index is 1380. The molecule has 1 aromatic heterocycles. The first-order chi connectivity index (χ1) is 15.6. The maximum Gasteiger partial charge on any atom is 0.453 e. The van der Waals surface area contributed by atoms with Gasteiger partial charge in [0.2, 0.25) is 11.2 Å². The first-order valence-corrected chi connectivity index (χ1v) is 10.1. The zero-order valence-electron chi connectivity index (χ0n) is 16.4. The fourth-order valence-corrected chi connectivity index (χ4v) is 3.35. The molecule has 4 rings (SSSR count). The molecule has 170 valence electrons. The molecule has 0 saturated heterocycles. The highest BCUT2D eigenvalue weighted by Crippen LogP contribution is 2.40. The van der Waals surface area contributed by atoms with Crippen LogP contribution in [-0.4, -0.2) is 0 Å². The van der Waals surface area contributed by atoms with E-state index in [2.05, 4.69) is 15.9 Å². The van der Waals surface area contributed by atoms with Crippen LogP contribution in [-0.2, 0) is 12.8 Å². The van der Waals surface area contributed by atoms with E-state index < -0.39 is 46.9 Å². The molecule has 10 heteroatoms. The summed E-state index contributed by atoms with van der Waals surface area (Å²) in [6.07, 6.45) is -5.04. The number of rotatable bonds is 5. The van der Waals surface area contributed by atoms with E-state index in [0.717, 1.165) is 18.2 Å². The van der Waals surface area contributed by atoms with Crippen molar-refractivity contribution in [3.05, 3.63) is 98.3 Å². The molecule has 33 heavy (non-hydrogen) atoms. The number of hydrogen-bond donors (Lipinski definition) is 0. The van der Waals surface area contributed by atoms with Gasteiger partial charge in [-0.05, 0) is 52.3 Å². The number of halogens is 6. The lowest BCUT2D eigenvalue weighted by Crippen LogP contribution is -2.15. The van der Waals surface area contributed by atoms with Crippen LogP contribution < -0.4 is 14.9 Å². The Hall–Kier alpha value is -3.40. The minimum absolute atomic E-state index is 0.0125. The summed E-state index contributed by atoms with van der Waals surface area (Å²) in [4.78, 5) is 12.9. The lowest BCUT2D eigenvalue weighted by molar-refractivity contribution is -0.154. The minimum atomic E-state index is -5.04. The van der Waals surface area contributed by atoms with Gasteiger partial charge in [0.05, 0.1) is 15.4 Å². The van der Waals surface area contributed by atoms with Crippen molar-refractivity contribution in [2.24, 2.45) is 0 Å². The summed E-state index contributed by atoms with van der Waals surface area (Å²) < 4.78 is 84.5. The Morgan fingerprint density at radius 2 is 1.64 bits per heavy atom. The average molecular weight is 527 g/mol. The molecule has 0 saturated carbocycles. The van der Waals surface area contributed by atoms with Crippen LogP contribution in [0.4, 0.5) is 22.0 Å². The molecule has 0 aliphatic heterocycles. The molecule has 0 amide bonds. The van der Waals surface area contributed by atoms with E-state index >= 15 is 0 Å². The summed E-state index contributed by atoms with van der Waals surface area (Å²) >= 11 is 3.15. The number of fused-ring (bicyclic) bond motifs is 1. The van der Waals surface area contributed by atoms with Crippen molar-refractivity contribution in [3.8, 4) is 17.2 Å². The molecule has 4 nitrogen and oxygen atoms in total. The predicted octanol–water partition coefficient (Wildman–Crippen LogP) is 7.22. The molecule has 0 bridgehead atoms. The van der Waals surface area contributed by atoms with Gasteiger partial charge in [0.25, 0.3) is 5.76 Å². The molecule has 0 fully saturated rings. The van der Waals surface area contributed by atoms with E-state index in [1.807, 2.05) is 0 Å². The van der Waals surface area contributed by atoms with Crippen LogP contribution in [0.3, 0.4) is 0 Å². The molecule has 0 unspecified atom stereocenters. The summed E-state index contributed by atoms with van der Waals surface area (Å²) in [5, 5.41) is -0.200. The van der Waals surface area contributed by atoms with Gasteiger partial charge in [-0.1, -0.05) is 18.2 Å².